The molecule has 2 aromatic carbocycles. The lowest BCUT2D eigenvalue weighted by atomic mass is 9.77. The zero-order valence-corrected chi connectivity index (χ0v) is 16.1. The van der Waals surface area contributed by atoms with E-state index in [4.69, 9.17) is 0 Å². The summed E-state index contributed by atoms with van der Waals surface area (Å²) in [6, 6.07) is 12.2. The summed E-state index contributed by atoms with van der Waals surface area (Å²) in [5.74, 6) is 5.83. The first-order valence-electron chi connectivity index (χ1n) is 10.2. The number of rotatable bonds is 5. The van der Waals surface area contributed by atoms with Gasteiger partial charge in [0, 0.05) is 11.1 Å². The third kappa shape index (κ3) is 5.67. The van der Waals surface area contributed by atoms with Crippen LogP contribution in [0, 0.1) is 29.4 Å². The fourth-order valence-electron chi connectivity index (χ4n) is 4.02. The highest BCUT2D eigenvalue weighted by Crippen LogP contribution is 2.37. The van der Waals surface area contributed by atoms with Crippen molar-refractivity contribution in [3.63, 3.8) is 0 Å². The molecule has 1 aliphatic rings. The first-order chi connectivity index (χ1) is 13.2. The predicted molar refractivity (Wildman–Crippen MR) is 108 cm³/mol. The van der Waals surface area contributed by atoms with Gasteiger partial charge in [0.05, 0.1) is 0 Å². The van der Waals surface area contributed by atoms with Crippen molar-refractivity contribution in [3.8, 4) is 11.8 Å². The van der Waals surface area contributed by atoms with Crippen molar-refractivity contribution in [3.05, 3.63) is 70.8 Å². The van der Waals surface area contributed by atoms with Crippen LogP contribution >= 0.6 is 0 Å². The molecule has 1 aliphatic carbocycles. The Morgan fingerprint density at radius 2 is 1.48 bits per heavy atom. The summed E-state index contributed by atoms with van der Waals surface area (Å²) in [4.78, 5) is 0. The average molecular weight is 366 g/mol. The first-order valence-corrected chi connectivity index (χ1v) is 10.2. The Bertz CT molecular complexity index is 787. The van der Waals surface area contributed by atoms with Gasteiger partial charge in [0.15, 0.2) is 11.6 Å². The van der Waals surface area contributed by atoms with E-state index in [1.54, 1.807) is 0 Å². The van der Waals surface area contributed by atoms with E-state index in [1.165, 1.54) is 63.0 Å². The van der Waals surface area contributed by atoms with Crippen LogP contribution in [-0.2, 0) is 0 Å². The van der Waals surface area contributed by atoms with E-state index in [0.29, 0.717) is 11.5 Å². The van der Waals surface area contributed by atoms with E-state index in [1.807, 2.05) is 12.1 Å². The maximum atomic E-state index is 13.2. The Kier molecular flexibility index (Phi) is 7.04. The quantitative estimate of drug-likeness (QED) is 0.387. The minimum absolute atomic E-state index is 0.486. The average Bonchev–Trinajstić information content (AvgIpc) is 2.70. The van der Waals surface area contributed by atoms with Crippen LogP contribution in [0.5, 0.6) is 0 Å². The van der Waals surface area contributed by atoms with Crippen molar-refractivity contribution in [2.75, 3.05) is 0 Å². The van der Waals surface area contributed by atoms with Crippen LogP contribution in [0.1, 0.15) is 80.9 Å². The van der Waals surface area contributed by atoms with E-state index in [2.05, 4.69) is 30.9 Å². The molecule has 0 aromatic heterocycles. The fraction of sp³-hybridized carbons (Fsp3) is 0.440. The highest BCUT2D eigenvalue weighted by Gasteiger charge is 2.21. The minimum atomic E-state index is -0.859. The Morgan fingerprint density at radius 1 is 0.815 bits per heavy atom. The summed E-state index contributed by atoms with van der Waals surface area (Å²) in [5.41, 5.74) is 2.79. The summed E-state index contributed by atoms with van der Waals surface area (Å²) in [6.07, 6.45) is 10.7. The van der Waals surface area contributed by atoms with Crippen molar-refractivity contribution in [2.24, 2.45) is 5.92 Å². The van der Waals surface area contributed by atoms with Gasteiger partial charge in [-0.3, -0.25) is 0 Å². The second-order valence-corrected chi connectivity index (χ2v) is 7.71. The molecule has 0 amide bonds. The van der Waals surface area contributed by atoms with Gasteiger partial charge in [-0.2, -0.15) is 0 Å². The number of hydrogen-bond donors (Lipinski definition) is 0. The Morgan fingerprint density at radius 3 is 2.15 bits per heavy atom. The molecular formula is C25H28F2. The van der Waals surface area contributed by atoms with Crippen LogP contribution in [0.4, 0.5) is 8.78 Å². The van der Waals surface area contributed by atoms with Crippen molar-refractivity contribution >= 4 is 0 Å². The molecule has 0 spiro atoms. The second-order valence-electron chi connectivity index (χ2n) is 7.71. The molecule has 0 bridgehead atoms. The van der Waals surface area contributed by atoms with Crippen LogP contribution in [0.25, 0.3) is 0 Å². The molecule has 0 radical (unpaired) electrons. The normalized spacial score (nSPS) is 19.4. The van der Waals surface area contributed by atoms with E-state index < -0.39 is 11.6 Å². The molecule has 0 aliphatic heterocycles. The Hall–Kier alpha value is -2.14. The van der Waals surface area contributed by atoms with Gasteiger partial charge in [0.2, 0.25) is 0 Å². The highest BCUT2D eigenvalue weighted by molar-refractivity contribution is 5.44. The van der Waals surface area contributed by atoms with Crippen molar-refractivity contribution < 1.29 is 8.78 Å². The SMILES string of the molecule is CCCCC[C@H]1CC[C@H](c2ccc(C#Cc3ccc(F)c(F)c3)cc2)CC1. The predicted octanol–water partition coefficient (Wildman–Crippen LogP) is 7.22. The molecule has 0 nitrogen and oxygen atoms in total. The van der Waals surface area contributed by atoms with Gasteiger partial charge in [-0.05, 0) is 73.4 Å². The molecule has 0 N–H and O–H groups in total. The first kappa shape index (κ1) is 19.6. The minimum Gasteiger partial charge on any atom is -0.204 e. The van der Waals surface area contributed by atoms with E-state index in [0.717, 1.165) is 23.6 Å². The zero-order chi connectivity index (χ0) is 19.1. The molecule has 0 unspecified atom stereocenters. The van der Waals surface area contributed by atoms with Crippen LogP contribution in [0.2, 0.25) is 0 Å². The maximum Gasteiger partial charge on any atom is 0.160 e. The summed E-state index contributed by atoms with van der Waals surface area (Å²) in [5, 5.41) is 0. The second kappa shape index (κ2) is 9.70. The van der Waals surface area contributed by atoms with Gasteiger partial charge < -0.3 is 0 Å². The molecule has 0 heterocycles. The van der Waals surface area contributed by atoms with Crippen LogP contribution in [0.15, 0.2) is 42.5 Å². The summed E-state index contributed by atoms with van der Waals surface area (Å²) < 4.78 is 26.2. The van der Waals surface area contributed by atoms with Crippen LogP contribution < -0.4 is 0 Å². The third-order valence-electron chi connectivity index (χ3n) is 5.72. The molecule has 1 saturated carbocycles. The molecule has 3 rings (SSSR count). The van der Waals surface area contributed by atoms with Crippen LogP contribution in [-0.4, -0.2) is 0 Å². The monoisotopic (exact) mass is 366 g/mol. The standard InChI is InChI=1S/C25H28F2/c1-2-3-4-5-19-8-13-22(14-9-19)23-15-10-20(11-16-23)6-7-21-12-17-24(26)25(27)18-21/h10-12,15-19,22H,2-5,8-9,13-14H2,1H3/t19-,22-. The van der Waals surface area contributed by atoms with Gasteiger partial charge in [0.1, 0.15) is 0 Å². The van der Waals surface area contributed by atoms with Gasteiger partial charge >= 0.3 is 0 Å². The maximum absolute atomic E-state index is 13.2. The molecule has 2 aromatic rings. The molecule has 142 valence electrons. The molecule has 0 saturated heterocycles. The van der Waals surface area contributed by atoms with E-state index in [9.17, 15) is 8.78 Å². The van der Waals surface area contributed by atoms with Crippen molar-refractivity contribution in [1.82, 2.24) is 0 Å². The van der Waals surface area contributed by atoms with Crippen molar-refractivity contribution in [1.29, 1.82) is 0 Å². The summed E-state index contributed by atoms with van der Waals surface area (Å²) in [6.45, 7) is 2.27. The molecular weight excluding hydrogens is 338 g/mol. The lowest BCUT2D eigenvalue weighted by Gasteiger charge is -2.29. The molecule has 0 atom stereocenters. The number of benzene rings is 2. The van der Waals surface area contributed by atoms with Gasteiger partial charge in [-0.15, -0.1) is 0 Å². The molecule has 2 heteroatoms. The fourth-order valence-corrected chi connectivity index (χ4v) is 4.02. The van der Waals surface area contributed by atoms with E-state index in [-0.39, 0.29) is 0 Å². The number of unbranched alkanes of at least 4 members (excludes halogenated alkanes) is 2. The lowest BCUT2D eigenvalue weighted by Crippen LogP contribution is -2.13. The number of hydrogen-bond acceptors (Lipinski definition) is 0. The topological polar surface area (TPSA) is 0 Å². The smallest absolute Gasteiger partial charge is 0.160 e. The van der Waals surface area contributed by atoms with Crippen LogP contribution in [0.3, 0.4) is 0 Å². The van der Waals surface area contributed by atoms with Gasteiger partial charge in [-0.25, -0.2) is 8.78 Å². The van der Waals surface area contributed by atoms with E-state index >= 15 is 0 Å². The summed E-state index contributed by atoms with van der Waals surface area (Å²) in [7, 11) is 0. The van der Waals surface area contributed by atoms with Gasteiger partial charge in [-0.1, -0.05) is 56.6 Å². The Balaban J connectivity index is 1.55. The zero-order valence-electron chi connectivity index (χ0n) is 16.1. The Labute approximate surface area is 162 Å². The number of halogens is 2. The largest absolute Gasteiger partial charge is 0.204 e. The highest BCUT2D eigenvalue weighted by atomic mass is 19.2. The third-order valence-corrected chi connectivity index (χ3v) is 5.72. The van der Waals surface area contributed by atoms with Crippen molar-refractivity contribution in [2.45, 2.75) is 64.2 Å². The molecule has 27 heavy (non-hydrogen) atoms. The summed E-state index contributed by atoms with van der Waals surface area (Å²) >= 11 is 0. The molecule has 1 fully saturated rings. The lowest BCUT2D eigenvalue weighted by molar-refractivity contribution is 0.303. The van der Waals surface area contributed by atoms with Gasteiger partial charge in [0.25, 0.3) is 0 Å².